The van der Waals surface area contributed by atoms with E-state index in [-0.39, 0.29) is 5.41 Å². The zero-order valence-electron chi connectivity index (χ0n) is 17.6. The summed E-state index contributed by atoms with van der Waals surface area (Å²) in [6.07, 6.45) is 1.89. The van der Waals surface area contributed by atoms with Gasteiger partial charge in [-0.15, -0.1) is 0 Å². The molecule has 0 radical (unpaired) electrons. The standard InChI is InChI=1S/C26H27NO/c1-16-13-17(2)15-19(14-16)23-25-20(11-12-27-23)18(3)24(28-25)21-9-7-8-10-22(21)26(4,5)6/h7-15H,1-6H3. The van der Waals surface area contributed by atoms with Crippen molar-refractivity contribution in [3.05, 3.63) is 77.0 Å². The molecule has 0 saturated heterocycles. The summed E-state index contributed by atoms with van der Waals surface area (Å²) >= 11 is 0. The van der Waals surface area contributed by atoms with Crippen LogP contribution < -0.4 is 0 Å². The monoisotopic (exact) mass is 369 g/mol. The lowest BCUT2D eigenvalue weighted by molar-refractivity contribution is 0.582. The molecule has 0 fully saturated rings. The van der Waals surface area contributed by atoms with Gasteiger partial charge in [-0.2, -0.15) is 0 Å². The van der Waals surface area contributed by atoms with Crippen LogP contribution in [0.15, 0.2) is 59.1 Å². The van der Waals surface area contributed by atoms with Crippen molar-refractivity contribution >= 4 is 11.0 Å². The maximum atomic E-state index is 6.52. The van der Waals surface area contributed by atoms with Crippen molar-refractivity contribution in [2.45, 2.75) is 47.0 Å². The molecule has 0 atom stereocenters. The number of rotatable bonds is 2. The molecule has 2 nitrogen and oxygen atoms in total. The van der Waals surface area contributed by atoms with Crippen LogP contribution >= 0.6 is 0 Å². The van der Waals surface area contributed by atoms with Gasteiger partial charge in [-0.05, 0) is 49.9 Å². The van der Waals surface area contributed by atoms with E-state index >= 15 is 0 Å². The molecule has 0 spiro atoms. The molecule has 2 aromatic carbocycles. The molecule has 2 heterocycles. The summed E-state index contributed by atoms with van der Waals surface area (Å²) < 4.78 is 6.52. The van der Waals surface area contributed by atoms with Gasteiger partial charge in [0.25, 0.3) is 0 Å². The third-order valence-corrected chi connectivity index (χ3v) is 5.33. The summed E-state index contributed by atoms with van der Waals surface area (Å²) in [4.78, 5) is 4.68. The number of benzene rings is 2. The van der Waals surface area contributed by atoms with Gasteiger partial charge in [-0.25, -0.2) is 0 Å². The minimum atomic E-state index is 0.0384. The highest BCUT2D eigenvalue weighted by atomic mass is 16.3. The Balaban J connectivity index is 1.99. The first-order chi connectivity index (χ1) is 13.3. The third kappa shape index (κ3) is 3.13. The zero-order chi connectivity index (χ0) is 20.1. The molecule has 4 rings (SSSR count). The van der Waals surface area contributed by atoms with Crippen LogP contribution in [0.3, 0.4) is 0 Å². The van der Waals surface area contributed by atoms with Crippen molar-refractivity contribution in [1.29, 1.82) is 0 Å². The minimum absolute atomic E-state index is 0.0384. The van der Waals surface area contributed by atoms with Gasteiger partial charge >= 0.3 is 0 Å². The van der Waals surface area contributed by atoms with Crippen molar-refractivity contribution in [3.63, 3.8) is 0 Å². The maximum absolute atomic E-state index is 6.52. The number of hydrogen-bond donors (Lipinski definition) is 0. The fourth-order valence-electron chi connectivity index (χ4n) is 4.06. The summed E-state index contributed by atoms with van der Waals surface area (Å²) in [5.41, 5.74) is 9.00. The summed E-state index contributed by atoms with van der Waals surface area (Å²) in [7, 11) is 0. The maximum Gasteiger partial charge on any atom is 0.161 e. The van der Waals surface area contributed by atoms with Gasteiger partial charge in [0.15, 0.2) is 5.58 Å². The Morgan fingerprint density at radius 2 is 1.54 bits per heavy atom. The van der Waals surface area contributed by atoms with Crippen LogP contribution in [0.1, 0.15) is 43.0 Å². The van der Waals surface area contributed by atoms with Gasteiger partial charge in [0, 0.05) is 28.3 Å². The predicted molar refractivity (Wildman–Crippen MR) is 118 cm³/mol. The molecule has 28 heavy (non-hydrogen) atoms. The fraction of sp³-hybridized carbons (Fsp3) is 0.269. The van der Waals surface area contributed by atoms with Crippen LogP contribution in [0.2, 0.25) is 0 Å². The number of pyridine rings is 1. The molecule has 0 unspecified atom stereocenters. The molecule has 0 aliphatic carbocycles. The van der Waals surface area contributed by atoms with E-state index in [1.165, 1.54) is 22.3 Å². The lowest BCUT2D eigenvalue weighted by Gasteiger charge is -2.22. The average Bonchev–Trinajstić information content (AvgIpc) is 2.97. The number of furan rings is 1. The van der Waals surface area contributed by atoms with Crippen LogP contribution in [0.25, 0.3) is 33.6 Å². The van der Waals surface area contributed by atoms with Gasteiger partial charge in [0.05, 0.1) is 0 Å². The van der Waals surface area contributed by atoms with E-state index in [0.29, 0.717) is 0 Å². The molecule has 142 valence electrons. The SMILES string of the molecule is Cc1cc(C)cc(-c2nccc3c(C)c(-c4ccccc4C(C)(C)C)oc23)c1. The van der Waals surface area contributed by atoms with E-state index in [2.05, 4.69) is 95.1 Å². The Morgan fingerprint density at radius 1 is 0.857 bits per heavy atom. The molecular formula is C26H27NO. The first-order valence-electron chi connectivity index (χ1n) is 9.82. The second-order valence-corrected chi connectivity index (χ2v) is 8.76. The number of aromatic nitrogens is 1. The van der Waals surface area contributed by atoms with Crippen molar-refractivity contribution < 1.29 is 4.42 Å². The lowest BCUT2D eigenvalue weighted by Crippen LogP contribution is -2.12. The Labute approximate surface area is 167 Å². The van der Waals surface area contributed by atoms with Gasteiger partial charge in [-0.3, -0.25) is 4.98 Å². The summed E-state index contributed by atoms with van der Waals surface area (Å²) in [6.45, 7) is 13.1. The molecule has 0 bridgehead atoms. The first kappa shape index (κ1) is 18.5. The second kappa shape index (κ2) is 6.63. The highest BCUT2D eigenvalue weighted by Gasteiger charge is 2.23. The quantitative estimate of drug-likeness (QED) is 0.368. The van der Waals surface area contributed by atoms with Crippen molar-refractivity contribution in [3.8, 4) is 22.6 Å². The third-order valence-electron chi connectivity index (χ3n) is 5.33. The molecule has 0 aliphatic heterocycles. The van der Waals surface area contributed by atoms with Gasteiger partial charge in [-0.1, -0.05) is 62.2 Å². The molecule has 4 aromatic rings. The van der Waals surface area contributed by atoms with Gasteiger partial charge < -0.3 is 4.42 Å². The fourth-order valence-corrected chi connectivity index (χ4v) is 4.06. The molecule has 2 heteroatoms. The largest absolute Gasteiger partial charge is 0.453 e. The van der Waals surface area contributed by atoms with Crippen LogP contribution in [0.5, 0.6) is 0 Å². The smallest absolute Gasteiger partial charge is 0.161 e. The Morgan fingerprint density at radius 3 is 2.21 bits per heavy atom. The Hall–Kier alpha value is -2.87. The number of fused-ring (bicyclic) bond motifs is 1. The summed E-state index contributed by atoms with van der Waals surface area (Å²) in [5, 5.41) is 1.13. The van der Waals surface area contributed by atoms with E-state index < -0.39 is 0 Å². The van der Waals surface area contributed by atoms with Crippen LogP contribution in [-0.2, 0) is 5.41 Å². The highest BCUT2D eigenvalue weighted by Crippen LogP contribution is 2.41. The second-order valence-electron chi connectivity index (χ2n) is 8.76. The summed E-state index contributed by atoms with van der Waals surface area (Å²) in [6, 6.07) is 17.1. The van der Waals surface area contributed by atoms with E-state index in [9.17, 15) is 0 Å². The highest BCUT2D eigenvalue weighted by molar-refractivity contribution is 5.96. The molecule has 0 saturated carbocycles. The summed E-state index contributed by atoms with van der Waals surface area (Å²) in [5.74, 6) is 0.944. The van der Waals surface area contributed by atoms with Crippen molar-refractivity contribution in [1.82, 2.24) is 4.98 Å². The predicted octanol–water partition coefficient (Wildman–Crippen LogP) is 7.38. The van der Waals surface area contributed by atoms with Crippen LogP contribution in [-0.4, -0.2) is 4.98 Å². The van der Waals surface area contributed by atoms with Crippen molar-refractivity contribution in [2.75, 3.05) is 0 Å². The molecular weight excluding hydrogens is 342 g/mol. The Bertz CT molecular complexity index is 1150. The lowest BCUT2D eigenvalue weighted by atomic mass is 9.82. The number of aryl methyl sites for hydroxylation is 3. The van der Waals surface area contributed by atoms with Crippen molar-refractivity contribution in [2.24, 2.45) is 0 Å². The molecule has 0 N–H and O–H groups in total. The van der Waals surface area contributed by atoms with E-state index in [4.69, 9.17) is 4.42 Å². The van der Waals surface area contributed by atoms with E-state index in [1.807, 2.05) is 6.20 Å². The van der Waals surface area contributed by atoms with Crippen LogP contribution in [0.4, 0.5) is 0 Å². The van der Waals surface area contributed by atoms with Gasteiger partial charge in [0.1, 0.15) is 11.5 Å². The van der Waals surface area contributed by atoms with Gasteiger partial charge in [0.2, 0.25) is 0 Å². The van der Waals surface area contributed by atoms with Crippen LogP contribution in [0, 0.1) is 20.8 Å². The Kier molecular flexibility index (Phi) is 4.38. The average molecular weight is 370 g/mol. The van der Waals surface area contributed by atoms with E-state index in [1.54, 1.807) is 0 Å². The molecule has 0 aliphatic rings. The topological polar surface area (TPSA) is 26.0 Å². The molecule has 2 aromatic heterocycles. The molecule has 0 amide bonds. The normalized spacial score (nSPS) is 11.9. The van der Waals surface area contributed by atoms with E-state index in [0.717, 1.165) is 33.6 Å². The first-order valence-corrected chi connectivity index (χ1v) is 9.82. The number of hydrogen-bond acceptors (Lipinski definition) is 2. The number of nitrogens with zero attached hydrogens (tertiary/aromatic N) is 1. The zero-order valence-corrected chi connectivity index (χ0v) is 17.6. The minimum Gasteiger partial charge on any atom is -0.453 e.